The lowest BCUT2D eigenvalue weighted by molar-refractivity contribution is -0.132. The molecule has 0 aromatic heterocycles. The molecule has 7 nitrogen and oxygen atoms in total. The molecule has 2 aromatic carbocycles. The molecular formula is C23H31N3O4. The lowest BCUT2D eigenvalue weighted by Crippen LogP contribution is -2.50. The van der Waals surface area contributed by atoms with Crippen LogP contribution in [0.3, 0.4) is 0 Å². The quantitative estimate of drug-likeness (QED) is 0.718. The van der Waals surface area contributed by atoms with Crippen molar-refractivity contribution in [3.05, 3.63) is 48.0 Å². The molecule has 0 radical (unpaired) electrons. The number of para-hydroxylation sites is 2. The largest absolute Gasteiger partial charge is 0.506 e. The molecule has 1 fully saturated rings. The average Bonchev–Trinajstić information content (AvgIpc) is 2.78. The van der Waals surface area contributed by atoms with E-state index in [1.165, 1.54) is 0 Å². The van der Waals surface area contributed by atoms with E-state index < -0.39 is 0 Å². The number of anilines is 1. The number of likely N-dealkylation sites (N-methyl/N-ethyl adjacent to an activating group) is 1. The van der Waals surface area contributed by atoms with E-state index in [4.69, 9.17) is 9.47 Å². The van der Waals surface area contributed by atoms with Gasteiger partial charge in [0.05, 0.1) is 26.5 Å². The van der Waals surface area contributed by atoms with Crippen molar-refractivity contribution in [1.82, 2.24) is 9.80 Å². The van der Waals surface area contributed by atoms with Gasteiger partial charge in [-0.3, -0.25) is 9.69 Å². The highest BCUT2D eigenvalue weighted by Crippen LogP contribution is 2.28. The number of rotatable bonds is 8. The zero-order valence-electron chi connectivity index (χ0n) is 18.0. The molecule has 0 spiro atoms. The van der Waals surface area contributed by atoms with E-state index in [0.717, 1.165) is 37.4 Å². The summed E-state index contributed by atoms with van der Waals surface area (Å²) >= 11 is 0. The van der Waals surface area contributed by atoms with E-state index in [1.54, 1.807) is 20.3 Å². The molecule has 1 aliphatic rings. The fourth-order valence-corrected chi connectivity index (χ4v) is 3.75. The number of carbonyl (C=O) groups excluding carboxylic acids is 1. The van der Waals surface area contributed by atoms with Crippen molar-refractivity contribution in [2.45, 2.75) is 13.5 Å². The van der Waals surface area contributed by atoms with Crippen LogP contribution in [0, 0.1) is 0 Å². The number of amides is 1. The van der Waals surface area contributed by atoms with Gasteiger partial charge in [-0.2, -0.15) is 0 Å². The molecule has 1 heterocycles. The van der Waals surface area contributed by atoms with E-state index in [2.05, 4.69) is 9.80 Å². The number of hydrogen-bond acceptors (Lipinski definition) is 6. The van der Waals surface area contributed by atoms with Crippen molar-refractivity contribution in [1.29, 1.82) is 0 Å². The second-order valence-electron chi connectivity index (χ2n) is 7.35. The molecule has 1 aliphatic heterocycles. The molecule has 0 aliphatic carbocycles. The molecule has 1 N–H and O–H groups in total. The van der Waals surface area contributed by atoms with Gasteiger partial charge in [0.15, 0.2) is 11.5 Å². The molecule has 0 bridgehead atoms. The Hall–Kier alpha value is -2.93. The van der Waals surface area contributed by atoms with Crippen molar-refractivity contribution in [2.24, 2.45) is 0 Å². The molecule has 0 unspecified atom stereocenters. The van der Waals surface area contributed by atoms with Crippen LogP contribution in [0.15, 0.2) is 42.5 Å². The van der Waals surface area contributed by atoms with Gasteiger partial charge in [-0.25, -0.2) is 0 Å². The molecule has 162 valence electrons. The van der Waals surface area contributed by atoms with Crippen molar-refractivity contribution >= 4 is 11.6 Å². The van der Waals surface area contributed by atoms with Crippen LogP contribution in [0.1, 0.15) is 12.5 Å². The van der Waals surface area contributed by atoms with E-state index in [-0.39, 0.29) is 5.91 Å². The first-order valence-corrected chi connectivity index (χ1v) is 10.3. The van der Waals surface area contributed by atoms with Gasteiger partial charge in [-0.1, -0.05) is 18.2 Å². The number of methoxy groups -OCH3 is 2. The first-order chi connectivity index (χ1) is 14.5. The van der Waals surface area contributed by atoms with Gasteiger partial charge in [0.25, 0.3) is 0 Å². The Morgan fingerprint density at radius 1 is 1.03 bits per heavy atom. The normalized spacial score (nSPS) is 14.4. The summed E-state index contributed by atoms with van der Waals surface area (Å²) in [7, 11) is 3.22. The summed E-state index contributed by atoms with van der Waals surface area (Å²) in [6.07, 6.45) is 0. The van der Waals surface area contributed by atoms with Crippen molar-refractivity contribution in [3.63, 3.8) is 0 Å². The Kier molecular flexibility index (Phi) is 7.41. The Bertz CT molecular complexity index is 850. The second-order valence-corrected chi connectivity index (χ2v) is 7.35. The average molecular weight is 414 g/mol. The molecule has 7 heteroatoms. The van der Waals surface area contributed by atoms with Crippen molar-refractivity contribution in [2.75, 3.05) is 58.4 Å². The summed E-state index contributed by atoms with van der Waals surface area (Å²) in [4.78, 5) is 19.1. The third kappa shape index (κ3) is 5.16. The predicted octanol–water partition coefficient (Wildman–Crippen LogP) is 2.58. The Morgan fingerprint density at radius 2 is 1.73 bits per heavy atom. The summed E-state index contributed by atoms with van der Waals surface area (Å²) in [6, 6.07) is 13.1. The number of phenols is 1. The van der Waals surface area contributed by atoms with Gasteiger partial charge in [0.1, 0.15) is 5.75 Å². The maximum Gasteiger partial charge on any atom is 0.237 e. The highest BCUT2D eigenvalue weighted by molar-refractivity contribution is 5.78. The van der Waals surface area contributed by atoms with Gasteiger partial charge in [-0.05, 0) is 36.8 Å². The lowest BCUT2D eigenvalue weighted by atomic mass is 10.2. The Morgan fingerprint density at radius 3 is 2.37 bits per heavy atom. The molecule has 2 aromatic rings. The predicted molar refractivity (Wildman–Crippen MR) is 117 cm³/mol. The molecule has 3 rings (SSSR count). The van der Waals surface area contributed by atoms with E-state index in [0.29, 0.717) is 36.9 Å². The van der Waals surface area contributed by atoms with Crippen LogP contribution in [-0.2, 0) is 11.3 Å². The lowest BCUT2D eigenvalue weighted by Gasteiger charge is -2.36. The highest BCUT2D eigenvalue weighted by Gasteiger charge is 2.23. The maximum absolute atomic E-state index is 12.9. The summed E-state index contributed by atoms with van der Waals surface area (Å²) in [5, 5.41) is 10.1. The zero-order chi connectivity index (χ0) is 21.5. The standard InChI is InChI=1S/C23H31N3O4/c1-4-25(16-18-9-10-21(29-2)22(15-18)30-3)23(28)17-24-11-13-26(14-12-24)19-7-5-6-8-20(19)27/h5-10,15,27H,4,11-14,16-17H2,1-3H3. The van der Waals surface area contributed by atoms with Crippen LogP contribution >= 0.6 is 0 Å². The van der Waals surface area contributed by atoms with E-state index in [9.17, 15) is 9.90 Å². The van der Waals surface area contributed by atoms with Crippen LogP contribution < -0.4 is 14.4 Å². The van der Waals surface area contributed by atoms with Gasteiger partial charge < -0.3 is 24.4 Å². The molecule has 0 saturated carbocycles. The third-order valence-corrected chi connectivity index (χ3v) is 5.51. The number of nitrogens with zero attached hydrogens (tertiary/aromatic N) is 3. The van der Waals surface area contributed by atoms with Gasteiger partial charge in [-0.15, -0.1) is 0 Å². The van der Waals surface area contributed by atoms with Gasteiger partial charge in [0.2, 0.25) is 5.91 Å². The van der Waals surface area contributed by atoms with Crippen LogP contribution in [0.25, 0.3) is 0 Å². The third-order valence-electron chi connectivity index (χ3n) is 5.51. The SMILES string of the molecule is CCN(Cc1ccc(OC)c(OC)c1)C(=O)CN1CCN(c2ccccc2O)CC1. The minimum absolute atomic E-state index is 0.114. The Balaban J connectivity index is 1.55. The first-order valence-electron chi connectivity index (χ1n) is 10.3. The second kappa shape index (κ2) is 10.2. The van der Waals surface area contributed by atoms with Gasteiger partial charge >= 0.3 is 0 Å². The van der Waals surface area contributed by atoms with Crippen LogP contribution in [-0.4, -0.2) is 74.3 Å². The van der Waals surface area contributed by atoms with E-state index in [1.807, 2.05) is 48.2 Å². The van der Waals surface area contributed by atoms with Crippen molar-refractivity contribution in [3.8, 4) is 17.2 Å². The number of aromatic hydroxyl groups is 1. The number of piperazine rings is 1. The summed E-state index contributed by atoms with van der Waals surface area (Å²) in [5.41, 5.74) is 1.86. The number of carbonyl (C=O) groups is 1. The Labute approximate surface area is 178 Å². The number of benzene rings is 2. The first kappa shape index (κ1) is 21.8. The molecule has 1 amide bonds. The smallest absolute Gasteiger partial charge is 0.237 e. The van der Waals surface area contributed by atoms with E-state index >= 15 is 0 Å². The minimum Gasteiger partial charge on any atom is -0.506 e. The summed E-state index contributed by atoms with van der Waals surface area (Å²) in [6.45, 7) is 6.71. The minimum atomic E-state index is 0.114. The highest BCUT2D eigenvalue weighted by atomic mass is 16.5. The number of hydrogen-bond donors (Lipinski definition) is 1. The van der Waals surface area contributed by atoms with Crippen LogP contribution in [0.5, 0.6) is 17.2 Å². The maximum atomic E-state index is 12.9. The molecule has 1 saturated heterocycles. The molecule has 30 heavy (non-hydrogen) atoms. The monoisotopic (exact) mass is 413 g/mol. The number of ether oxygens (including phenoxy) is 2. The topological polar surface area (TPSA) is 65.5 Å². The van der Waals surface area contributed by atoms with Gasteiger partial charge in [0, 0.05) is 39.3 Å². The molecule has 0 atom stereocenters. The van der Waals surface area contributed by atoms with Crippen LogP contribution in [0.2, 0.25) is 0 Å². The molecular weight excluding hydrogens is 382 g/mol. The fourth-order valence-electron chi connectivity index (χ4n) is 3.75. The van der Waals surface area contributed by atoms with Crippen LogP contribution in [0.4, 0.5) is 5.69 Å². The zero-order valence-corrected chi connectivity index (χ0v) is 18.0. The van der Waals surface area contributed by atoms with Crippen molar-refractivity contribution < 1.29 is 19.4 Å². The summed E-state index contributed by atoms with van der Waals surface area (Å²) < 4.78 is 10.7. The number of phenolic OH excluding ortho intramolecular Hbond substituents is 1. The summed E-state index contributed by atoms with van der Waals surface area (Å²) in [5.74, 6) is 1.76. The fraction of sp³-hybridized carbons (Fsp3) is 0.435.